The summed E-state index contributed by atoms with van der Waals surface area (Å²) in [5.41, 5.74) is 0. The molecule has 0 aliphatic carbocycles. The van der Waals surface area contributed by atoms with Crippen LogP contribution in [0.4, 0.5) is 0 Å². The van der Waals surface area contributed by atoms with Crippen molar-refractivity contribution in [2.24, 2.45) is 0 Å². The zero-order valence-corrected chi connectivity index (χ0v) is 15.6. The molecule has 0 spiro atoms. The SMILES string of the molecule is CCCCCCCCCCCCCCS(=O)(=O)[O-].[Na+]. The van der Waals surface area contributed by atoms with Crippen LogP contribution < -0.4 is 29.6 Å². The fourth-order valence-corrected chi connectivity index (χ4v) is 2.68. The molecule has 3 nitrogen and oxygen atoms in total. The molecule has 0 saturated heterocycles. The van der Waals surface area contributed by atoms with Crippen molar-refractivity contribution in [2.45, 2.75) is 84.0 Å². The minimum atomic E-state index is -3.99. The molecule has 5 heteroatoms. The van der Waals surface area contributed by atoms with E-state index in [0.29, 0.717) is 6.42 Å². The second-order valence-electron chi connectivity index (χ2n) is 5.15. The molecule has 0 aliphatic heterocycles. The molecule has 0 aromatic rings. The van der Waals surface area contributed by atoms with Crippen molar-refractivity contribution >= 4 is 10.1 Å². The average Bonchev–Trinajstić information content (AvgIpc) is 2.29. The van der Waals surface area contributed by atoms with E-state index in [1.54, 1.807) is 0 Å². The molecule has 0 bridgehead atoms. The van der Waals surface area contributed by atoms with Gasteiger partial charge in [0, 0.05) is 5.75 Å². The molecule has 0 aliphatic rings. The standard InChI is InChI=1S/C14H30O3S.Na/c1-2-3-4-5-6-7-8-9-10-11-12-13-14-18(15,16)17;/h2-14H2,1H3,(H,15,16,17);/q;+1/p-1. The molecule has 0 unspecified atom stereocenters. The summed E-state index contributed by atoms with van der Waals surface area (Å²) >= 11 is 0. The second kappa shape index (κ2) is 15.3. The van der Waals surface area contributed by atoms with Gasteiger partial charge in [-0.1, -0.05) is 77.6 Å². The van der Waals surface area contributed by atoms with Crippen LogP contribution in [0.2, 0.25) is 0 Å². The van der Waals surface area contributed by atoms with Gasteiger partial charge in [-0.3, -0.25) is 0 Å². The third-order valence-electron chi connectivity index (χ3n) is 3.25. The summed E-state index contributed by atoms with van der Waals surface area (Å²) in [6.45, 7) is 2.23. The maximum Gasteiger partial charge on any atom is 1.00 e. The maximum atomic E-state index is 10.4. The van der Waals surface area contributed by atoms with Crippen molar-refractivity contribution in [3.8, 4) is 0 Å². The van der Waals surface area contributed by atoms with Crippen LogP contribution in [-0.4, -0.2) is 18.7 Å². The first-order chi connectivity index (χ1) is 8.56. The van der Waals surface area contributed by atoms with Crippen LogP contribution in [0.1, 0.15) is 84.0 Å². The van der Waals surface area contributed by atoms with Gasteiger partial charge >= 0.3 is 29.6 Å². The van der Waals surface area contributed by atoms with Crippen molar-refractivity contribution in [3.05, 3.63) is 0 Å². The minimum Gasteiger partial charge on any atom is -0.748 e. The summed E-state index contributed by atoms with van der Waals surface area (Å²) in [6, 6.07) is 0. The van der Waals surface area contributed by atoms with Gasteiger partial charge in [-0.05, 0) is 6.42 Å². The van der Waals surface area contributed by atoms with Gasteiger partial charge in [-0.25, -0.2) is 8.42 Å². The van der Waals surface area contributed by atoms with Crippen molar-refractivity contribution < 1.29 is 42.5 Å². The van der Waals surface area contributed by atoms with E-state index < -0.39 is 10.1 Å². The van der Waals surface area contributed by atoms with Crippen molar-refractivity contribution in [2.75, 3.05) is 5.75 Å². The normalized spacial score (nSPS) is 11.3. The van der Waals surface area contributed by atoms with Crippen LogP contribution in [0.25, 0.3) is 0 Å². The number of rotatable bonds is 13. The molecule has 0 heterocycles. The fourth-order valence-electron chi connectivity index (χ4n) is 2.12. The molecule has 0 N–H and O–H groups in total. The van der Waals surface area contributed by atoms with Crippen molar-refractivity contribution in [1.82, 2.24) is 0 Å². The van der Waals surface area contributed by atoms with E-state index in [0.717, 1.165) is 12.8 Å². The summed E-state index contributed by atoms with van der Waals surface area (Å²) in [4.78, 5) is 0. The second-order valence-corrected chi connectivity index (χ2v) is 6.67. The molecule has 0 rings (SSSR count). The molecule has 0 atom stereocenters. The minimum absolute atomic E-state index is 0. The Morgan fingerprint density at radius 1 is 0.684 bits per heavy atom. The summed E-state index contributed by atoms with van der Waals surface area (Å²) < 4.78 is 31.1. The number of unbranched alkanes of at least 4 members (excludes halogenated alkanes) is 11. The molecule has 0 aromatic heterocycles. The first kappa shape index (κ1) is 22.2. The van der Waals surface area contributed by atoms with Crippen LogP contribution in [0.3, 0.4) is 0 Å². The summed E-state index contributed by atoms with van der Waals surface area (Å²) in [5, 5.41) is 0. The van der Waals surface area contributed by atoms with E-state index in [9.17, 15) is 13.0 Å². The van der Waals surface area contributed by atoms with E-state index >= 15 is 0 Å². The summed E-state index contributed by atoms with van der Waals surface area (Å²) in [5.74, 6) is -0.190. The molecule has 0 saturated carbocycles. The molecular formula is C14H29NaO3S. The van der Waals surface area contributed by atoms with Gasteiger partial charge in [0.2, 0.25) is 0 Å². The van der Waals surface area contributed by atoms with E-state index in [1.165, 1.54) is 57.8 Å². The van der Waals surface area contributed by atoms with E-state index in [4.69, 9.17) is 0 Å². The molecular weight excluding hydrogens is 271 g/mol. The van der Waals surface area contributed by atoms with E-state index in [-0.39, 0.29) is 35.3 Å². The van der Waals surface area contributed by atoms with Gasteiger partial charge in [0.05, 0.1) is 10.1 Å². The number of hydrogen-bond acceptors (Lipinski definition) is 3. The zero-order valence-electron chi connectivity index (χ0n) is 12.8. The molecule has 0 aromatic carbocycles. The molecule has 110 valence electrons. The Balaban J connectivity index is 0. The van der Waals surface area contributed by atoms with Gasteiger partial charge in [-0.15, -0.1) is 0 Å². The predicted octanol–water partition coefficient (Wildman–Crippen LogP) is 1.24. The van der Waals surface area contributed by atoms with Gasteiger partial charge in [-0.2, -0.15) is 0 Å². The first-order valence-corrected chi connectivity index (χ1v) is 9.07. The third kappa shape index (κ3) is 21.4. The summed E-state index contributed by atoms with van der Waals surface area (Å²) in [7, 11) is -3.99. The average molecular weight is 300 g/mol. The van der Waals surface area contributed by atoms with Crippen LogP contribution in [0, 0.1) is 0 Å². The smallest absolute Gasteiger partial charge is 0.748 e. The Morgan fingerprint density at radius 3 is 1.32 bits per heavy atom. The molecule has 19 heavy (non-hydrogen) atoms. The molecule has 0 fully saturated rings. The Kier molecular flexibility index (Phi) is 17.9. The monoisotopic (exact) mass is 300 g/mol. The van der Waals surface area contributed by atoms with Crippen LogP contribution >= 0.6 is 0 Å². The van der Waals surface area contributed by atoms with Gasteiger partial charge in [0.1, 0.15) is 0 Å². The van der Waals surface area contributed by atoms with E-state index in [1.807, 2.05) is 0 Å². The van der Waals surface area contributed by atoms with Gasteiger partial charge in [0.25, 0.3) is 0 Å². The van der Waals surface area contributed by atoms with Gasteiger partial charge < -0.3 is 4.55 Å². The quantitative estimate of drug-likeness (QED) is 0.292. The Hall–Kier alpha value is 0.910. The van der Waals surface area contributed by atoms with Gasteiger partial charge in [0.15, 0.2) is 0 Å². The third-order valence-corrected chi connectivity index (χ3v) is 4.04. The van der Waals surface area contributed by atoms with Crippen LogP contribution in [-0.2, 0) is 10.1 Å². The maximum absolute atomic E-state index is 10.4. The van der Waals surface area contributed by atoms with Crippen molar-refractivity contribution in [3.63, 3.8) is 0 Å². The van der Waals surface area contributed by atoms with Crippen molar-refractivity contribution in [1.29, 1.82) is 0 Å². The van der Waals surface area contributed by atoms with Crippen LogP contribution in [0.5, 0.6) is 0 Å². The molecule has 0 radical (unpaired) electrons. The van der Waals surface area contributed by atoms with Crippen LogP contribution in [0.15, 0.2) is 0 Å². The zero-order chi connectivity index (χ0) is 13.7. The molecule has 0 amide bonds. The predicted molar refractivity (Wildman–Crippen MR) is 75.6 cm³/mol. The Bertz CT molecular complexity index is 266. The Labute approximate surface area is 142 Å². The van der Waals surface area contributed by atoms with E-state index in [2.05, 4.69) is 6.92 Å². The Morgan fingerprint density at radius 2 is 1.00 bits per heavy atom. The number of hydrogen-bond donors (Lipinski definition) is 0. The first-order valence-electron chi connectivity index (χ1n) is 7.50. The fraction of sp³-hybridized carbons (Fsp3) is 1.00. The summed E-state index contributed by atoms with van der Waals surface area (Å²) in [6.07, 6.45) is 14.3. The largest absolute Gasteiger partial charge is 1.00 e. The topological polar surface area (TPSA) is 57.2 Å².